The van der Waals surface area contributed by atoms with Crippen LogP contribution in [0, 0.1) is 11.3 Å². The Bertz CT molecular complexity index is 469. The van der Waals surface area contributed by atoms with Crippen LogP contribution in [-0.2, 0) is 0 Å². The van der Waals surface area contributed by atoms with Crippen molar-refractivity contribution in [1.29, 1.82) is 5.26 Å². The molecule has 0 amide bonds. The number of carbonyl (C=O) groups excluding carboxylic acids is 1. The lowest BCUT2D eigenvalue weighted by atomic mass is 10.0. The summed E-state index contributed by atoms with van der Waals surface area (Å²) >= 11 is 5.63. The minimum Gasteiger partial charge on any atom is -0.432 e. The highest BCUT2D eigenvalue weighted by molar-refractivity contribution is 6.32. The Hall–Kier alpha value is -1.67. The third-order valence-corrected chi connectivity index (χ3v) is 2.09. The van der Waals surface area contributed by atoms with Crippen LogP contribution in [-0.4, -0.2) is 12.4 Å². The van der Waals surface area contributed by atoms with E-state index in [2.05, 4.69) is 4.74 Å². The van der Waals surface area contributed by atoms with Gasteiger partial charge in [-0.05, 0) is 19.1 Å². The van der Waals surface area contributed by atoms with Crippen LogP contribution < -0.4 is 4.74 Å². The number of hydrogen-bond donors (Lipinski definition) is 0. The number of Topliss-reactive ketones (excluding diaryl/α,β-unsaturated/α-hetero) is 1. The van der Waals surface area contributed by atoms with Crippen LogP contribution in [0.5, 0.6) is 5.75 Å². The van der Waals surface area contributed by atoms with Crippen molar-refractivity contribution >= 4 is 17.4 Å². The number of rotatable bonds is 3. The van der Waals surface area contributed by atoms with Crippen molar-refractivity contribution in [3.05, 3.63) is 28.3 Å². The van der Waals surface area contributed by atoms with Gasteiger partial charge in [-0.3, -0.25) is 4.79 Å². The molecule has 0 saturated carbocycles. The molecule has 0 aliphatic carbocycles. The smallest absolute Gasteiger partial charge is 0.387 e. The van der Waals surface area contributed by atoms with Crippen LogP contribution in [0.1, 0.15) is 22.8 Å². The summed E-state index contributed by atoms with van der Waals surface area (Å²) in [6.45, 7) is -1.96. The second-order valence-corrected chi connectivity index (χ2v) is 3.25. The number of ketones is 1. The summed E-state index contributed by atoms with van der Waals surface area (Å²) < 4.78 is 28.4. The molecule has 0 spiro atoms. The number of carbonyl (C=O) groups is 1. The minimum atomic E-state index is -3.11. The summed E-state index contributed by atoms with van der Waals surface area (Å²) in [7, 11) is 0. The van der Waals surface area contributed by atoms with Gasteiger partial charge in [0.1, 0.15) is 6.07 Å². The molecule has 0 aliphatic rings. The molecule has 0 heterocycles. The third kappa shape index (κ3) is 2.47. The highest BCUT2D eigenvalue weighted by atomic mass is 35.5. The second kappa shape index (κ2) is 4.90. The summed E-state index contributed by atoms with van der Waals surface area (Å²) in [5.41, 5.74) is -0.275. The predicted octanol–water partition coefficient (Wildman–Crippen LogP) is 3.02. The van der Waals surface area contributed by atoms with Crippen molar-refractivity contribution in [2.75, 3.05) is 0 Å². The highest BCUT2D eigenvalue weighted by Gasteiger charge is 2.20. The van der Waals surface area contributed by atoms with Crippen molar-refractivity contribution in [2.45, 2.75) is 13.5 Å². The third-order valence-electron chi connectivity index (χ3n) is 1.79. The number of nitrogens with zero attached hydrogens (tertiary/aromatic N) is 1. The van der Waals surface area contributed by atoms with Crippen LogP contribution in [0.2, 0.25) is 5.02 Å². The summed E-state index contributed by atoms with van der Waals surface area (Å²) in [6.07, 6.45) is 0. The molecule has 0 saturated heterocycles. The lowest BCUT2D eigenvalue weighted by Gasteiger charge is -2.11. The van der Waals surface area contributed by atoms with E-state index in [4.69, 9.17) is 16.9 Å². The van der Waals surface area contributed by atoms with Gasteiger partial charge < -0.3 is 4.74 Å². The number of benzene rings is 1. The predicted molar refractivity (Wildman–Crippen MR) is 52.8 cm³/mol. The average molecular weight is 246 g/mol. The molecule has 0 atom stereocenters. The number of halogens is 3. The van der Waals surface area contributed by atoms with Crippen molar-refractivity contribution < 1.29 is 18.3 Å². The minimum absolute atomic E-state index is 0.0486. The molecule has 0 bridgehead atoms. The summed E-state index contributed by atoms with van der Waals surface area (Å²) in [6, 6.07) is 4.22. The van der Waals surface area contributed by atoms with Crippen molar-refractivity contribution in [3.63, 3.8) is 0 Å². The zero-order valence-electron chi connectivity index (χ0n) is 8.13. The quantitative estimate of drug-likeness (QED) is 0.769. The maximum atomic E-state index is 12.1. The molecular weight excluding hydrogens is 240 g/mol. The topological polar surface area (TPSA) is 50.1 Å². The highest BCUT2D eigenvalue weighted by Crippen LogP contribution is 2.32. The first-order chi connectivity index (χ1) is 7.47. The lowest BCUT2D eigenvalue weighted by Crippen LogP contribution is -2.08. The zero-order valence-corrected chi connectivity index (χ0v) is 8.89. The Morgan fingerprint density at radius 2 is 2.19 bits per heavy atom. The van der Waals surface area contributed by atoms with Gasteiger partial charge in [-0.15, -0.1) is 0 Å². The zero-order chi connectivity index (χ0) is 12.3. The first-order valence-electron chi connectivity index (χ1n) is 4.15. The first-order valence-corrected chi connectivity index (χ1v) is 4.53. The van der Waals surface area contributed by atoms with Gasteiger partial charge in [0.15, 0.2) is 11.5 Å². The van der Waals surface area contributed by atoms with Gasteiger partial charge in [-0.1, -0.05) is 11.6 Å². The Morgan fingerprint density at radius 1 is 1.56 bits per heavy atom. The molecule has 0 N–H and O–H groups in total. The van der Waals surface area contributed by atoms with E-state index in [0.29, 0.717) is 0 Å². The summed E-state index contributed by atoms with van der Waals surface area (Å²) in [5, 5.41) is 8.59. The number of hydrogen-bond acceptors (Lipinski definition) is 3. The normalized spacial score (nSPS) is 10.0. The molecule has 0 fully saturated rings. The van der Waals surface area contributed by atoms with E-state index in [9.17, 15) is 13.6 Å². The number of alkyl halides is 2. The number of ether oxygens (including phenoxy) is 1. The molecule has 6 heteroatoms. The molecule has 1 aromatic rings. The molecule has 0 unspecified atom stereocenters. The van der Waals surface area contributed by atoms with Crippen LogP contribution in [0.25, 0.3) is 0 Å². The summed E-state index contributed by atoms with van der Waals surface area (Å²) in [5.74, 6) is -1.02. The fourth-order valence-corrected chi connectivity index (χ4v) is 1.41. The van der Waals surface area contributed by atoms with Gasteiger partial charge in [0.05, 0.1) is 16.1 Å². The van der Waals surface area contributed by atoms with E-state index in [0.717, 1.165) is 6.92 Å². The van der Waals surface area contributed by atoms with Crippen molar-refractivity contribution in [3.8, 4) is 11.8 Å². The molecule has 1 aromatic carbocycles. The van der Waals surface area contributed by atoms with E-state index in [1.54, 1.807) is 6.07 Å². The van der Waals surface area contributed by atoms with Crippen LogP contribution in [0.3, 0.4) is 0 Å². The second-order valence-electron chi connectivity index (χ2n) is 2.85. The fourth-order valence-electron chi connectivity index (χ4n) is 1.20. The van der Waals surface area contributed by atoms with Gasteiger partial charge >= 0.3 is 6.61 Å². The maximum absolute atomic E-state index is 12.1. The number of nitriles is 1. The van der Waals surface area contributed by atoms with Gasteiger partial charge in [0.2, 0.25) is 0 Å². The van der Waals surface area contributed by atoms with Crippen LogP contribution >= 0.6 is 11.6 Å². The molecule has 3 nitrogen and oxygen atoms in total. The Kier molecular flexibility index (Phi) is 3.80. The SMILES string of the molecule is CC(=O)c1c(C#N)ccc(Cl)c1OC(F)F. The van der Waals surface area contributed by atoms with E-state index >= 15 is 0 Å². The molecule has 0 radical (unpaired) electrons. The Balaban J connectivity index is 3.43. The van der Waals surface area contributed by atoms with E-state index in [-0.39, 0.29) is 16.1 Å². The first kappa shape index (κ1) is 12.4. The van der Waals surface area contributed by atoms with Gasteiger partial charge in [-0.2, -0.15) is 14.0 Å². The molecular formula is C10H6ClF2NO2. The van der Waals surface area contributed by atoms with E-state index in [1.165, 1.54) is 12.1 Å². The lowest BCUT2D eigenvalue weighted by molar-refractivity contribution is -0.0500. The molecule has 84 valence electrons. The van der Waals surface area contributed by atoms with E-state index in [1.807, 2.05) is 0 Å². The van der Waals surface area contributed by atoms with Gasteiger partial charge in [-0.25, -0.2) is 0 Å². The molecule has 16 heavy (non-hydrogen) atoms. The van der Waals surface area contributed by atoms with Gasteiger partial charge in [0, 0.05) is 0 Å². The van der Waals surface area contributed by atoms with Crippen molar-refractivity contribution in [2.24, 2.45) is 0 Å². The maximum Gasteiger partial charge on any atom is 0.387 e. The largest absolute Gasteiger partial charge is 0.432 e. The van der Waals surface area contributed by atoms with Gasteiger partial charge in [0.25, 0.3) is 0 Å². The molecule has 0 aromatic heterocycles. The van der Waals surface area contributed by atoms with Crippen LogP contribution in [0.4, 0.5) is 8.78 Å². The van der Waals surface area contributed by atoms with Crippen molar-refractivity contribution in [1.82, 2.24) is 0 Å². The van der Waals surface area contributed by atoms with E-state index < -0.39 is 18.1 Å². The fraction of sp³-hybridized carbons (Fsp3) is 0.200. The molecule has 0 aliphatic heterocycles. The Labute approximate surface area is 95.2 Å². The molecule has 1 rings (SSSR count). The standard InChI is InChI=1S/C10H6ClF2NO2/c1-5(15)8-6(4-14)2-3-7(11)9(8)16-10(12)13/h2-3,10H,1H3. The summed E-state index contributed by atoms with van der Waals surface area (Å²) in [4.78, 5) is 11.2. The monoisotopic (exact) mass is 245 g/mol. The Morgan fingerprint density at radius 3 is 2.62 bits per heavy atom. The van der Waals surface area contributed by atoms with Crippen LogP contribution in [0.15, 0.2) is 12.1 Å². The average Bonchev–Trinajstić information content (AvgIpc) is 2.19.